The van der Waals surface area contributed by atoms with Crippen molar-refractivity contribution < 1.29 is 22.8 Å². The van der Waals surface area contributed by atoms with E-state index in [2.05, 4.69) is 0 Å². The van der Waals surface area contributed by atoms with Crippen LogP contribution in [0.4, 0.5) is 13.2 Å². The average Bonchev–Trinajstić information content (AvgIpc) is 2.96. The number of alkyl halides is 3. The summed E-state index contributed by atoms with van der Waals surface area (Å²) in [7, 11) is 3.48. The van der Waals surface area contributed by atoms with E-state index in [1.54, 1.807) is 23.9 Å². The summed E-state index contributed by atoms with van der Waals surface area (Å²) >= 11 is 0. The van der Waals surface area contributed by atoms with Crippen LogP contribution in [0.25, 0.3) is 0 Å². The molecule has 25 heavy (non-hydrogen) atoms. The van der Waals surface area contributed by atoms with Crippen molar-refractivity contribution in [3.05, 3.63) is 35.4 Å². The molecule has 1 aliphatic carbocycles. The van der Waals surface area contributed by atoms with Crippen LogP contribution in [0, 0.1) is 11.8 Å². The Morgan fingerprint density at radius 1 is 1.16 bits per heavy atom. The lowest BCUT2D eigenvalue weighted by atomic mass is 9.88. The molecule has 0 bridgehead atoms. The van der Waals surface area contributed by atoms with Crippen LogP contribution in [0.1, 0.15) is 35.2 Å². The molecule has 1 aliphatic heterocycles. The monoisotopic (exact) mass is 354 g/mol. The molecule has 2 fully saturated rings. The van der Waals surface area contributed by atoms with E-state index in [1.165, 1.54) is 12.1 Å². The van der Waals surface area contributed by atoms with E-state index in [0.29, 0.717) is 18.9 Å². The van der Waals surface area contributed by atoms with Gasteiger partial charge in [0.15, 0.2) is 0 Å². The number of amides is 2. The van der Waals surface area contributed by atoms with Gasteiger partial charge >= 0.3 is 6.18 Å². The van der Waals surface area contributed by atoms with Gasteiger partial charge in [-0.25, -0.2) is 0 Å². The molecule has 2 aliphatic rings. The Balaban J connectivity index is 1.68. The van der Waals surface area contributed by atoms with Gasteiger partial charge < -0.3 is 9.80 Å². The maximum atomic E-state index is 12.6. The van der Waals surface area contributed by atoms with Crippen LogP contribution in [0.15, 0.2) is 24.3 Å². The number of hydrogen-bond acceptors (Lipinski definition) is 2. The second kappa shape index (κ2) is 6.35. The first-order chi connectivity index (χ1) is 11.7. The van der Waals surface area contributed by atoms with Crippen molar-refractivity contribution in [2.24, 2.45) is 11.8 Å². The Hall–Kier alpha value is -2.05. The summed E-state index contributed by atoms with van der Waals surface area (Å²) in [6.45, 7) is 0.711. The summed E-state index contributed by atoms with van der Waals surface area (Å²) in [4.78, 5) is 27.8. The van der Waals surface area contributed by atoms with Gasteiger partial charge in [0, 0.05) is 38.7 Å². The van der Waals surface area contributed by atoms with Crippen molar-refractivity contribution in [1.29, 1.82) is 0 Å². The van der Waals surface area contributed by atoms with Crippen LogP contribution in [0.2, 0.25) is 0 Å². The fourth-order valence-electron chi connectivity index (χ4n) is 3.97. The van der Waals surface area contributed by atoms with Crippen LogP contribution in [0.5, 0.6) is 0 Å². The Kier molecular flexibility index (Phi) is 4.51. The number of halogens is 3. The molecular weight excluding hydrogens is 333 g/mol. The van der Waals surface area contributed by atoms with Gasteiger partial charge in [-0.3, -0.25) is 9.59 Å². The molecule has 0 N–H and O–H groups in total. The number of carbonyl (C=O) groups is 2. The van der Waals surface area contributed by atoms with Crippen LogP contribution in [0.3, 0.4) is 0 Å². The quantitative estimate of drug-likeness (QED) is 0.819. The molecule has 4 nitrogen and oxygen atoms in total. The molecule has 0 radical (unpaired) electrons. The molecule has 3 atom stereocenters. The fourth-order valence-corrected chi connectivity index (χ4v) is 3.97. The molecule has 0 spiro atoms. The molecule has 1 saturated carbocycles. The van der Waals surface area contributed by atoms with Gasteiger partial charge in [-0.1, -0.05) is 0 Å². The minimum absolute atomic E-state index is 0.0177. The molecule has 0 unspecified atom stereocenters. The predicted octanol–water partition coefficient (Wildman–Crippen LogP) is 3.03. The summed E-state index contributed by atoms with van der Waals surface area (Å²) in [5, 5.41) is 0. The standard InChI is InChI=1S/C18H21F3N2O2/c1-22-10-13-8-15(7-12(13)9-16(22)24)23(2)17(25)11-3-5-14(6-4-11)18(19,20)21/h3-6,12-13,15H,7-10H2,1-2H3/t12-,13+,15-/m1/s1. The maximum absolute atomic E-state index is 12.6. The van der Waals surface area contributed by atoms with Crippen LogP contribution >= 0.6 is 0 Å². The van der Waals surface area contributed by atoms with E-state index >= 15 is 0 Å². The average molecular weight is 354 g/mol. The summed E-state index contributed by atoms with van der Waals surface area (Å²) in [6.07, 6.45) is -2.30. The predicted molar refractivity (Wildman–Crippen MR) is 85.8 cm³/mol. The van der Waals surface area contributed by atoms with Crippen molar-refractivity contribution in [3.63, 3.8) is 0 Å². The lowest BCUT2D eigenvalue weighted by Gasteiger charge is -2.31. The first-order valence-corrected chi connectivity index (χ1v) is 8.35. The molecular formula is C18H21F3N2O2. The summed E-state index contributed by atoms with van der Waals surface area (Å²) in [6, 6.07) is 4.33. The summed E-state index contributed by atoms with van der Waals surface area (Å²) < 4.78 is 37.9. The lowest BCUT2D eigenvalue weighted by Crippen LogP contribution is -2.39. The number of rotatable bonds is 2. The third-order valence-corrected chi connectivity index (χ3v) is 5.51. The third kappa shape index (κ3) is 3.50. The topological polar surface area (TPSA) is 40.6 Å². The fraction of sp³-hybridized carbons (Fsp3) is 0.556. The smallest absolute Gasteiger partial charge is 0.345 e. The van der Waals surface area contributed by atoms with Crippen LogP contribution < -0.4 is 0 Å². The van der Waals surface area contributed by atoms with Crippen molar-refractivity contribution in [3.8, 4) is 0 Å². The molecule has 3 rings (SSSR count). The van der Waals surface area contributed by atoms with Crippen molar-refractivity contribution in [2.45, 2.75) is 31.5 Å². The summed E-state index contributed by atoms with van der Waals surface area (Å²) in [5.74, 6) is 0.530. The maximum Gasteiger partial charge on any atom is 0.416 e. The second-order valence-corrected chi connectivity index (χ2v) is 7.11. The third-order valence-electron chi connectivity index (χ3n) is 5.51. The Bertz CT molecular complexity index is 672. The zero-order chi connectivity index (χ0) is 18.4. The minimum atomic E-state index is -4.41. The number of fused-ring (bicyclic) bond motifs is 1. The SMILES string of the molecule is CN1C[C@@H]2C[C@H](N(C)C(=O)c3ccc(C(F)(F)F)cc3)C[C@@H]2CC1=O. The van der Waals surface area contributed by atoms with Gasteiger partial charge in [-0.2, -0.15) is 13.2 Å². The number of benzene rings is 1. The van der Waals surface area contributed by atoms with E-state index in [0.717, 1.165) is 25.0 Å². The van der Waals surface area contributed by atoms with E-state index in [4.69, 9.17) is 0 Å². The van der Waals surface area contributed by atoms with Gasteiger partial charge in [-0.05, 0) is 48.9 Å². The molecule has 1 aromatic rings. The molecule has 136 valence electrons. The largest absolute Gasteiger partial charge is 0.416 e. The molecule has 0 aromatic heterocycles. The highest BCUT2D eigenvalue weighted by atomic mass is 19.4. The lowest BCUT2D eigenvalue weighted by molar-refractivity contribution is -0.137. The Labute approximate surface area is 144 Å². The highest BCUT2D eigenvalue weighted by Crippen LogP contribution is 2.40. The minimum Gasteiger partial charge on any atom is -0.345 e. The normalized spacial score (nSPS) is 26.5. The number of hydrogen-bond donors (Lipinski definition) is 0. The van der Waals surface area contributed by atoms with Crippen molar-refractivity contribution >= 4 is 11.8 Å². The molecule has 7 heteroatoms. The summed E-state index contributed by atoms with van der Waals surface area (Å²) in [5.41, 5.74) is -0.515. The van der Waals surface area contributed by atoms with Gasteiger partial charge in [0.2, 0.25) is 5.91 Å². The van der Waals surface area contributed by atoms with E-state index in [1.807, 2.05) is 0 Å². The number of likely N-dealkylation sites (tertiary alicyclic amines) is 1. The van der Waals surface area contributed by atoms with Crippen molar-refractivity contribution in [1.82, 2.24) is 9.80 Å². The van der Waals surface area contributed by atoms with E-state index in [9.17, 15) is 22.8 Å². The van der Waals surface area contributed by atoms with Gasteiger partial charge in [-0.15, -0.1) is 0 Å². The van der Waals surface area contributed by atoms with Gasteiger partial charge in [0.05, 0.1) is 5.56 Å². The van der Waals surface area contributed by atoms with Gasteiger partial charge in [0.1, 0.15) is 0 Å². The zero-order valence-electron chi connectivity index (χ0n) is 14.2. The molecule has 1 aromatic carbocycles. The molecule has 1 saturated heterocycles. The highest BCUT2D eigenvalue weighted by Gasteiger charge is 2.42. The second-order valence-electron chi connectivity index (χ2n) is 7.11. The van der Waals surface area contributed by atoms with Crippen LogP contribution in [-0.4, -0.2) is 48.3 Å². The van der Waals surface area contributed by atoms with Crippen molar-refractivity contribution in [2.75, 3.05) is 20.6 Å². The van der Waals surface area contributed by atoms with E-state index < -0.39 is 11.7 Å². The molecule has 2 amide bonds. The Morgan fingerprint density at radius 2 is 1.76 bits per heavy atom. The first kappa shape index (κ1) is 17.8. The number of piperidine rings is 1. The first-order valence-electron chi connectivity index (χ1n) is 8.35. The highest BCUT2D eigenvalue weighted by molar-refractivity contribution is 5.94. The number of carbonyl (C=O) groups excluding carboxylic acids is 2. The molecule has 1 heterocycles. The van der Waals surface area contributed by atoms with E-state index in [-0.39, 0.29) is 29.3 Å². The van der Waals surface area contributed by atoms with Gasteiger partial charge in [0.25, 0.3) is 5.91 Å². The zero-order valence-corrected chi connectivity index (χ0v) is 14.2. The number of nitrogens with zero attached hydrogens (tertiary/aromatic N) is 2. The van der Waals surface area contributed by atoms with Crippen LogP contribution in [-0.2, 0) is 11.0 Å². The Morgan fingerprint density at radius 3 is 2.36 bits per heavy atom.